The molecular formula is C14H8Cl2F4N2O3. The number of anilines is 1. The Balaban J connectivity index is 2.33. The molecule has 1 aromatic carbocycles. The molecule has 11 heteroatoms. The Hall–Kier alpha value is -2.26. The molecule has 1 aromatic heterocycles. The maximum Gasteiger partial charge on any atom is 0.387 e. The number of amides is 1. The van der Waals surface area contributed by atoms with E-state index in [-0.39, 0.29) is 17.1 Å². The van der Waals surface area contributed by atoms with Crippen LogP contribution in [0.15, 0.2) is 18.2 Å². The van der Waals surface area contributed by atoms with Crippen LogP contribution in [0.3, 0.4) is 0 Å². The SMILES string of the molecule is COc1cc(C(=O)Nc2c(Cl)c(F)nc(F)c2Cl)ccc1OC(F)F. The molecule has 0 spiro atoms. The number of hydrogen-bond acceptors (Lipinski definition) is 4. The maximum atomic E-state index is 13.4. The van der Waals surface area contributed by atoms with Gasteiger partial charge in [-0.15, -0.1) is 0 Å². The number of carbonyl (C=O) groups excluding carboxylic acids is 1. The third-order valence-corrected chi connectivity index (χ3v) is 3.57. The van der Waals surface area contributed by atoms with Crippen molar-refractivity contribution in [2.75, 3.05) is 12.4 Å². The minimum atomic E-state index is -3.09. The lowest BCUT2D eigenvalue weighted by Crippen LogP contribution is -2.14. The summed E-state index contributed by atoms with van der Waals surface area (Å²) in [5.74, 6) is -4.06. The van der Waals surface area contributed by atoms with Crippen LogP contribution in [-0.4, -0.2) is 24.6 Å². The zero-order valence-electron chi connectivity index (χ0n) is 12.2. The first-order valence-electron chi connectivity index (χ1n) is 6.38. The fraction of sp³-hybridized carbons (Fsp3) is 0.143. The topological polar surface area (TPSA) is 60.5 Å². The monoisotopic (exact) mass is 398 g/mol. The standard InChI is InChI=1S/C14H8Cl2F4N2O3/c1-24-7-4-5(2-3-6(7)25-14(19)20)13(23)21-10-8(15)11(17)22-12(18)9(10)16/h2-4,14H,1H3,(H,21,22,23). The molecule has 0 aliphatic rings. The molecule has 1 N–H and O–H groups in total. The molecule has 0 saturated carbocycles. The van der Waals surface area contributed by atoms with Gasteiger partial charge in [-0.1, -0.05) is 23.2 Å². The number of alkyl halides is 2. The third-order valence-electron chi connectivity index (χ3n) is 2.88. The van der Waals surface area contributed by atoms with Crippen molar-refractivity contribution in [1.82, 2.24) is 4.98 Å². The second-order valence-electron chi connectivity index (χ2n) is 4.39. The van der Waals surface area contributed by atoms with Gasteiger partial charge in [-0.3, -0.25) is 4.79 Å². The van der Waals surface area contributed by atoms with Crippen LogP contribution in [0.2, 0.25) is 10.0 Å². The van der Waals surface area contributed by atoms with Crippen molar-refractivity contribution in [3.8, 4) is 11.5 Å². The van der Waals surface area contributed by atoms with Crippen molar-refractivity contribution in [1.29, 1.82) is 0 Å². The summed E-state index contributed by atoms with van der Waals surface area (Å²) in [6.45, 7) is -3.09. The molecular weight excluding hydrogens is 391 g/mol. The van der Waals surface area contributed by atoms with Crippen molar-refractivity contribution >= 4 is 34.8 Å². The summed E-state index contributed by atoms with van der Waals surface area (Å²) in [7, 11) is 1.18. The Morgan fingerprint density at radius 3 is 2.28 bits per heavy atom. The van der Waals surface area contributed by atoms with E-state index in [1.54, 1.807) is 0 Å². The number of methoxy groups -OCH3 is 1. The Labute approximate surface area is 148 Å². The minimum absolute atomic E-state index is 0.0942. The minimum Gasteiger partial charge on any atom is -0.493 e. The molecule has 1 heterocycles. The summed E-state index contributed by atoms with van der Waals surface area (Å²) in [6, 6.07) is 3.28. The number of halogens is 6. The lowest BCUT2D eigenvalue weighted by Gasteiger charge is -2.13. The number of nitrogens with one attached hydrogen (secondary N) is 1. The van der Waals surface area contributed by atoms with Crippen LogP contribution in [0.1, 0.15) is 10.4 Å². The number of pyridine rings is 1. The molecule has 134 valence electrons. The van der Waals surface area contributed by atoms with E-state index in [1.807, 2.05) is 0 Å². The summed E-state index contributed by atoms with van der Waals surface area (Å²) < 4.78 is 60.4. The van der Waals surface area contributed by atoms with Gasteiger partial charge in [0.15, 0.2) is 11.5 Å². The molecule has 2 rings (SSSR count). The van der Waals surface area contributed by atoms with E-state index >= 15 is 0 Å². The van der Waals surface area contributed by atoms with Gasteiger partial charge in [0.25, 0.3) is 5.91 Å². The van der Waals surface area contributed by atoms with Gasteiger partial charge in [-0.05, 0) is 18.2 Å². The molecule has 0 atom stereocenters. The van der Waals surface area contributed by atoms with Crippen LogP contribution in [-0.2, 0) is 0 Å². The van der Waals surface area contributed by atoms with Crippen molar-refractivity contribution in [2.45, 2.75) is 6.61 Å². The van der Waals surface area contributed by atoms with Crippen molar-refractivity contribution in [3.05, 3.63) is 45.7 Å². The van der Waals surface area contributed by atoms with E-state index in [0.717, 1.165) is 18.2 Å². The number of benzene rings is 1. The zero-order valence-corrected chi connectivity index (χ0v) is 13.8. The van der Waals surface area contributed by atoms with Crippen LogP contribution >= 0.6 is 23.2 Å². The first-order valence-corrected chi connectivity index (χ1v) is 7.14. The highest BCUT2D eigenvalue weighted by Crippen LogP contribution is 2.34. The van der Waals surface area contributed by atoms with Gasteiger partial charge in [-0.25, -0.2) is 0 Å². The van der Waals surface area contributed by atoms with Gasteiger partial charge in [0.1, 0.15) is 10.0 Å². The molecule has 2 aromatic rings. The van der Waals surface area contributed by atoms with E-state index in [0.29, 0.717) is 0 Å². The summed E-state index contributed by atoms with van der Waals surface area (Å²) >= 11 is 11.2. The van der Waals surface area contributed by atoms with Gasteiger partial charge in [0, 0.05) is 5.56 Å². The number of aromatic nitrogens is 1. The fourth-order valence-corrected chi connectivity index (χ4v) is 2.20. The lowest BCUT2D eigenvalue weighted by molar-refractivity contribution is -0.0512. The Kier molecular flexibility index (Phi) is 5.91. The molecule has 0 radical (unpaired) electrons. The average Bonchev–Trinajstić information content (AvgIpc) is 2.56. The van der Waals surface area contributed by atoms with Crippen molar-refractivity contribution in [3.63, 3.8) is 0 Å². The van der Waals surface area contributed by atoms with Gasteiger partial charge >= 0.3 is 6.61 Å². The van der Waals surface area contributed by atoms with Crippen LogP contribution in [0, 0.1) is 11.9 Å². The predicted molar refractivity (Wildman–Crippen MR) is 81.8 cm³/mol. The van der Waals surface area contributed by atoms with Crippen LogP contribution in [0.25, 0.3) is 0 Å². The highest BCUT2D eigenvalue weighted by atomic mass is 35.5. The fourth-order valence-electron chi connectivity index (χ4n) is 1.78. The predicted octanol–water partition coefficient (Wildman–Crippen LogP) is 4.53. The van der Waals surface area contributed by atoms with Crippen LogP contribution in [0.4, 0.5) is 23.2 Å². The molecule has 0 aliphatic heterocycles. The second kappa shape index (κ2) is 7.75. The molecule has 0 saturated heterocycles. The number of rotatable bonds is 5. The normalized spacial score (nSPS) is 10.7. The Morgan fingerprint density at radius 2 is 1.76 bits per heavy atom. The smallest absolute Gasteiger partial charge is 0.387 e. The van der Waals surface area contributed by atoms with E-state index in [1.165, 1.54) is 7.11 Å². The van der Waals surface area contributed by atoms with Crippen molar-refractivity contribution < 1.29 is 31.8 Å². The lowest BCUT2D eigenvalue weighted by atomic mass is 10.2. The van der Waals surface area contributed by atoms with Gasteiger partial charge in [0.2, 0.25) is 11.9 Å². The molecule has 1 amide bonds. The molecule has 0 unspecified atom stereocenters. The Morgan fingerprint density at radius 1 is 1.16 bits per heavy atom. The van der Waals surface area contributed by atoms with Gasteiger partial charge in [0.05, 0.1) is 12.8 Å². The molecule has 0 aliphatic carbocycles. The molecule has 0 fully saturated rings. The van der Waals surface area contributed by atoms with Crippen LogP contribution in [0.5, 0.6) is 11.5 Å². The summed E-state index contributed by atoms with van der Waals surface area (Å²) in [6.07, 6.45) is 0. The van der Waals surface area contributed by atoms with Crippen LogP contribution < -0.4 is 14.8 Å². The quantitative estimate of drug-likeness (QED) is 0.593. The zero-order chi connectivity index (χ0) is 18.7. The van der Waals surface area contributed by atoms with Gasteiger partial charge in [-0.2, -0.15) is 22.5 Å². The summed E-state index contributed by atoms with van der Waals surface area (Å²) in [5.41, 5.74) is -0.617. The second-order valence-corrected chi connectivity index (χ2v) is 5.15. The van der Waals surface area contributed by atoms with Gasteiger partial charge < -0.3 is 14.8 Å². The maximum absolute atomic E-state index is 13.4. The summed E-state index contributed by atoms with van der Waals surface area (Å²) in [5, 5.41) is 0.740. The average molecular weight is 399 g/mol. The largest absolute Gasteiger partial charge is 0.493 e. The Bertz CT molecular complexity index is 795. The first kappa shape index (κ1) is 19.1. The number of nitrogens with zero attached hydrogens (tertiary/aromatic N) is 1. The number of carbonyl (C=O) groups is 1. The number of ether oxygens (including phenoxy) is 2. The number of hydrogen-bond donors (Lipinski definition) is 1. The van der Waals surface area contributed by atoms with E-state index in [2.05, 4.69) is 15.0 Å². The van der Waals surface area contributed by atoms with E-state index in [4.69, 9.17) is 27.9 Å². The molecule has 5 nitrogen and oxygen atoms in total. The third kappa shape index (κ3) is 4.23. The van der Waals surface area contributed by atoms with E-state index in [9.17, 15) is 22.4 Å². The van der Waals surface area contributed by atoms with Crippen molar-refractivity contribution in [2.24, 2.45) is 0 Å². The molecule has 0 bridgehead atoms. The highest BCUT2D eigenvalue weighted by molar-refractivity contribution is 6.39. The first-order chi connectivity index (χ1) is 11.7. The van der Waals surface area contributed by atoms with E-state index < -0.39 is 40.1 Å². The highest BCUT2D eigenvalue weighted by Gasteiger charge is 2.21. The summed E-state index contributed by atoms with van der Waals surface area (Å²) in [4.78, 5) is 15.0. The molecule has 25 heavy (non-hydrogen) atoms.